The number of aliphatic carboxylic acids is 1. The Hall–Kier alpha value is -1.84. The predicted octanol–water partition coefficient (Wildman–Crippen LogP) is 7.89. The highest BCUT2D eigenvalue weighted by atomic mass is 16.5. The maximum absolute atomic E-state index is 12.1. The van der Waals surface area contributed by atoms with E-state index in [9.17, 15) is 14.7 Å². The van der Waals surface area contributed by atoms with E-state index in [4.69, 9.17) is 4.74 Å². The number of allylic oxidation sites excluding steroid dienone is 4. The van der Waals surface area contributed by atoms with Crippen molar-refractivity contribution in [1.82, 2.24) is 0 Å². The van der Waals surface area contributed by atoms with Gasteiger partial charge in [0.05, 0.1) is 7.11 Å². The summed E-state index contributed by atoms with van der Waals surface area (Å²) in [5, 5.41) is 9.17. The van der Waals surface area contributed by atoms with E-state index in [0.29, 0.717) is 29.7 Å². The Bertz CT molecular complexity index is 926. The fourth-order valence-corrected chi connectivity index (χ4v) is 8.50. The van der Waals surface area contributed by atoms with E-state index in [1.54, 1.807) is 18.1 Å². The van der Waals surface area contributed by atoms with Gasteiger partial charge >= 0.3 is 11.9 Å². The van der Waals surface area contributed by atoms with E-state index in [0.717, 1.165) is 38.5 Å². The van der Waals surface area contributed by atoms with Crippen LogP contribution < -0.4 is 0 Å². The Morgan fingerprint density at radius 1 is 1.14 bits per heavy atom. The standard InChI is InChI=1S/C31H48O4/c1-20(2)23-12-13-26-25(29(23,5)17-16-27(32)35-8)15-19-30(6)24(14-18-31(26,30)7)21(3)10-9-11-22(4)28(33)34/h11,21,23-24H,1,9-10,12-19H2,2-8H3,(H,33,34). The van der Waals surface area contributed by atoms with Crippen LogP contribution >= 0.6 is 0 Å². The van der Waals surface area contributed by atoms with Gasteiger partial charge in [0.15, 0.2) is 0 Å². The van der Waals surface area contributed by atoms with Gasteiger partial charge in [0.1, 0.15) is 0 Å². The number of esters is 1. The number of carbonyl (C=O) groups excluding carboxylic acids is 1. The number of hydrogen-bond donors (Lipinski definition) is 1. The van der Waals surface area contributed by atoms with E-state index in [2.05, 4.69) is 41.2 Å². The van der Waals surface area contributed by atoms with Crippen LogP contribution in [0.15, 0.2) is 34.9 Å². The summed E-state index contributed by atoms with van der Waals surface area (Å²) in [7, 11) is 1.48. The maximum Gasteiger partial charge on any atom is 0.330 e. The average Bonchev–Trinajstić information content (AvgIpc) is 3.08. The number of hydrogen-bond acceptors (Lipinski definition) is 3. The summed E-state index contributed by atoms with van der Waals surface area (Å²) < 4.78 is 5.01. The minimum absolute atomic E-state index is 0.0270. The molecule has 1 saturated carbocycles. The second-order valence-electron chi connectivity index (χ2n) is 12.5. The van der Waals surface area contributed by atoms with Gasteiger partial charge in [0.25, 0.3) is 0 Å². The van der Waals surface area contributed by atoms with Crippen LogP contribution in [0.4, 0.5) is 0 Å². The van der Waals surface area contributed by atoms with Gasteiger partial charge < -0.3 is 9.84 Å². The molecule has 4 nitrogen and oxygen atoms in total. The van der Waals surface area contributed by atoms with Crippen molar-refractivity contribution in [3.8, 4) is 0 Å². The van der Waals surface area contributed by atoms with E-state index >= 15 is 0 Å². The normalized spacial score (nSPS) is 35.8. The van der Waals surface area contributed by atoms with Crippen molar-refractivity contribution in [1.29, 1.82) is 0 Å². The van der Waals surface area contributed by atoms with Gasteiger partial charge in [0.2, 0.25) is 0 Å². The van der Waals surface area contributed by atoms with Crippen LogP contribution in [0.5, 0.6) is 0 Å². The number of carboxylic acids is 1. The molecule has 3 aliphatic carbocycles. The molecule has 1 fully saturated rings. The third-order valence-corrected chi connectivity index (χ3v) is 10.9. The number of fused-ring (bicyclic) bond motifs is 2. The van der Waals surface area contributed by atoms with Crippen LogP contribution in [0.25, 0.3) is 0 Å². The minimum Gasteiger partial charge on any atom is -0.478 e. The summed E-state index contributed by atoms with van der Waals surface area (Å²) in [4.78, 5) is 23.3. The number of carboxylic acid groups (broad SMARTS) is 1. The van der Waals surface area contributed by atoms with E-state index in [1.165, 1.54) is 31.9 Å². The lowest BCUT2D eigenvalue weighted by atomic mass is 9.47. The van der Waals surface area contributed by atoms with Gasteiger partial charge in [-0.25, -0.2) is 4.79 Å². The Kier molecular flexibility index (Phi) is 8.13. The second-order valence-corrected chi connectivity index (χ2v) is 12.5. The molecule has 0 aliphatic heterocycles. The Balaban J connectivity index is 1.90. The highest BCUT2D eigenvalue weighted by Crippen LogP contribution is 2.71. The lowest BCUT2D eigenvalue weighted by Crippen LogP contribution is -2.48. The largest absolute Gasteiger partial charge is 0.478 e. The van der Waals surface area contributed by atoms with Crippen LogP contribution in [-0.4, -0.2) is 24.2 Å². The SMILES string of the molecule is C=C(C)C1CCC2=C(CCC3(C)C(C(C)CCC=C(C)C(=O)O)CCC23C)C1(C)CCC(=O)OC. The van der Waals surface area contributed by atoms with Gasteiger partial charge in [-0.3, -0.25) is 4.79 Å². The predicted molar refractivity (Wildman–Crippen MR) is 142 cm³/mol. The Morgan fingerprint density at radius 3 is 2.43 bits per heavy atom. The van der Waals surface area contributed by atoms with Crippen molar-refractivity contribution in [3.63, 3.8) is 0 Å². The molecule has 3 rings (SSSR count). The van der Waals surface area contributed by atoms with Crippen LogP contribution in [-0.2, 0) is 14.3 Å². The zero-order chi connectivity index (χ0) is 26.2. The first-order chi connectivity index (χ1) is 16.3. The van der Waals surface area contributed by atoms with Crippen LogP contribution in [0.2, 0.25) is 0 Å². The topological polar surface area (TPSA) is 63.6 Å². The monoisotopic (exact) mass is 484 g/mol. The molecule has 0 saturated heterocycles. The van der Waals surface area contributed by atoms with Crippen molar-refractivity contribution in [2.75, 3.05) is 7.11 Å². The van der Waals surface area contributed by atoms with Gasteiger partial charge in [-0.2, -0.15) is 0 Å². The molecule has 35 heavy (non-hydrogen) atoms. The smallest absolute Gasteiger partial charge is 0.330 e. The summed E-state index contributed by atoms with van der Waals surface area (Å²) >= 11 is 0. The lowest BCUT2D eigenvalue weighted by molar-refractivity contribution is -0.141. The van der Waals surface area contributed by atoms with Crippen molar-refractivity contribution >= 4 is 11.9 Å². The minimum atomic E-state index is -0.814. The molecule has 0 aromatic rings. The molecule has 0 aromatic heterocycles. The van der Waals surface area contributed by atoms with Crippen molar-refractivity contribution < 1.29 is 19.4 Å². The van der Waals surface area contributed by atoms with Crippen molar-refractivity contribution in [2.45, 2.75) is 106 Å². The highest BCUT2D eigenvalue weighted by Gasteiger charge is 2.61. The van der Waals surface area contributed by atoms with E-state index in [-0.39, 0.29) is 22.2 Å². The van der Waals surface area contributed by atoms with E-state index in [1.807, 2.05) is 6.08 Å². The second kappa shape index (κ2) is 10.3. The van der Waals surface area contributed by atoms with Crippen LogP contribution in [0.3, 0.4) is 0 Å². The first-order valence-corrected chi connectivity index (χ1v) is 13.7. The third-order valence-electron chi connectivity index (χ3n) is 10.9. The van der Waals surface area contributed by atoms with Crippen LogP contribution in [0.1, 0.15) is 106 Å². The maximum atomic E-state index is 12.1. The molecule has 0 heterocycles. The van der Waals surface area contributed by atoms with Gasteiger partial charge in [-0.05, 0) is 106 Å². The van der Waals surface area contributed by atoms with Crippen molar-refractivity contribution in [2.24, 2.45) is 34.0 Å². The summed E-state index contributed by atoms with van der Waals surface area (Å²) in [6.07, 6.45) is 12.1. The van der Waals surface area contributed by atoms with Gasteiger partial charge in [-0.15, -0.1) is 0 Å². The molecular formula is C31H48O4. The Labute approximate surface area is 213 Å². The average molecular weight is 485 g/mol. The highest BCUT2D eigenvalue weighted by molar-refractivity contribution is 5.85. The molecule has 0 amide bonds. The quantitative estimate of drug-likeness (QED) is 0.205. The number of ether oxygens (including phenoxy) is 1. The molecule has 0 radical (unpaired) electrons. The van der Waals surface area contributed by atoms with Gasteiger partial charge in [0, 0.05) is 12.0 Å². The summed E-state index contributed by atoms with van der Waals surface area (Å²) in [5.41, 5.74) is 5.43. The molecule has 3 aliphatic rings. The molecular weight excluding hydrogens is 436 g/mol. The zero-order valence-electron chi connectivity index (χ0n) is 23.3. The summed E-state index contributed by atoms with van der Waals surface area (Å²) in [6.45, 7) is 18.1. The lowest BCUT2D eigenvalue weighted by Gasteiger charge is -2.57. The molecule has 0 bridgehead atoms. The number of methoxy groups -OCH3 is 1. The fourth-order valence-electron chi connectivity index (χ4n) is 8.50. The third kappa shape index (κ3) is 4.79. The molecule has 6 atom stereocenters. The van der Waals surface area contributed by atoms with Gasteiger partial charge in [-0.1, -0.05) is 57.1 Å². The fraction of sp³-hybridized carbons (Fsp3) is 0.742. The van der Waals surface area contributed by atoms with Crippen molar-refractivity contribution in [3.05, 3.63) is 34.9 Å². The molecule has 1 N–H and O–H groups in total. The summed E-state index contributed by atoms with van der Waals surface area (Å²) in [6, 6.07) is 0. The number of carbonyl (C=O) groups is 2. The molecule has 196 valence electrons. The summed E-state index contributed by atoms with van der Waals surface area (Å²) in [5.74, 6) is 0.706. The molecule has 6 unspecified atom stereocenters. The molecule has 0 spiro atoms. The van der Waals surface area contributed by atoms with Crippen LogP contribution in [0, 0.1) is 34.0 Å². The van der Waals surface area contributed by atoms with E-state index < -0.39 is 5.97 Å². The zero-order valence-corrected chi connectivity index (χ0v) is 23.3. The molecule has 0 aromatic carbocycles. The first-order valence-electron chi connectivity index (χ1n) is 13.7. The Morgan fingerprint density at radius 2 is 1.83 bits per heavy atom. The molecule has 4 heteroatoms. The first kappa shape index (κ1) is 27.7. The number of rotatable bonds is 9.